The number of nitrogens with zero attached hydrogens (tertiary/aromatic N) is 2. The lowest BCUT2D eigenvalue weighted by Crippen LogP contribution is -2.29. The van der Waals surface area contributed by atoms with Gasteiger partial charge in [-0.1, -0.05) is 11.6 Å². The molecule has 1 aliphatic heterocycles. The average molecular weight is 349 g/mol. The molecule has 1 saturated heterocycles. The van der Waals surface area contributed by atoms with Gasteiger partial charge in [0.05, 0.1) is 11.6 Å². The van der Waals surface area contributed by atoms with Crippen LogP contribution in [0.2, 0.25) is 5.02 Å². The molecule has 0 unspecified atom stereocenters. The molecule has 1 aromatic heterocycles. The number of ether oxygens (including phenoxy) is 1. The Labute approximate surface area is 145 Å². The minimum Gasteiger partial charge on any atom is -0.384 e. The minimum atomic E-state index is -0.526. The highest BCUT2D eigenvalue weighted by molar-refractivity contribution is 6.31. The monoisotopic (exact) mass is 348 g/mol. The number of likely N-dealkylation sites (tertiary alicyclic amines) is 1. The number of halogens is 2. The number of pyridine rings is 1. The molecule has 0 N–H and O–H groups in total. The molecule has 0 radical (unpaired) electrons. The van der Waals surface area contributed by atoms with Gasteiger partial charge in [0.15, 0.2) is 0 Å². The Morgan fingerprint density at radius 2 is 2.08 bits per heavy atom. The van der Waals surface area contributed by atoms with Crippen LogP contribution in [0.1, 0.15) is 21.8 Å². The number of rotatable bonds is 4. The zero-order chi connectivity index (χ0) is 17.1. The Balaban J connectivity index is 1.82. The second kappa shape index (κ2) is 7.28. The van der Waals surface area contributed by atoms with Crippen molar-refractivity contribution in [1.82, 2.24) is 9.88 Å². The highest BCUT2D eigenvalue weighted by Gasteiger charge is 2.36. The Kier molecular flexibility index (Phi) is 5.11. The van der Waals surface area contributed by atoms with Crippen LogP contribution in [0.25, 0.3) is 0 Å². The third-order valence-corrected chi connectivity index (χ3v) is 4.70. The highest BCUT2D eigenvalue weighted by atomic mass is 35.5. The van der Waals surface area contributed by atoms with Crippen LogP contribution in [-0.4, -0.2) is 42.6 Å². The van der Waals surface area contributed by atoms with Gasteiger partial charge in [0.2, 0.25) is 0 Å². The van der Waals surface area contributed by atoms with Crippen LogP contribution in [-0.2, 0) is 4.74 Å². The maximum atomic E-state index is 13.3. The van der Waals surface area contributed by atoms with Gasteiger partial charge < -0.3 is 9.64 Å². The highest BCUT2D eigenvalue weighted by Crippen LogP contribution is 2.33. The van der Waals surface area contributed by atoms with Crippen LogP contribution in [0.3, 0.4) is 0 Å². The molecule has 0 bridgehead atoms. The number of carbonyl (C=O) groups excluding carboxylic acids is 1. The van der Waals surface area contributed by atoms with E-state index in [1.807, 2.05) is 12.1 Å². The number of hydrogen-bond acceptors (Lipinski definition) is 3. The Morgan fingerprint density at radius 1 is 1.33 bits per heavy atom. The summed E-state index contributed by atoms with van der Waals surface area (Å²) >= 11 is 5.79. The van der Waals surface area contributed by atoms with Gasteiger partial charge in [-0.15, -0.1) is 0 Å². The molecule has 1 aromatic carbocycles. The second-order valence-corrected chi connectivity index (χ2v) is 6.35. The van der Waals surface area contributed by atoms with E-state index in [-0.39, 0.29) is 22.8 Å². The topological polar surface area (TPSA) is 42.4 Å². The molecule has 6 heteroatoms. The van der Waals surface area contributed by atoms with E-state index in [2.05, 4.69) is 4.98 Å². The van der Waals surface area contributed by atoms with E-state index in [1.165, 1.54) is 18.2 Å². The maximum absolute atomic E-state index is 13.3. The van der Waals surface area contributed by atoms with Crippen molar-refractivity contribution in [2.45, 2.75) is 5.92 Å². The maximum Gasteiger partial charge on any atom is 0.253 e. The smallest absolute Gasteiger partial charge is 0.253 e. The van der Waals surface area contributed by atoms with E-state index in [9.17, 15) is 9.18 Å². The van der Waals surface area contributed by atoms with Gasteiger partial charge in [0.25, 0.3) is 5.91 Å². The molecule has 24 heavy (non-hydrogen) atoms. The van der Waals surface area contributed by atoms with Crippen molar-refractivity contribution >= 4 is 17.5 Å². The summed E-state index contributed by atoms with van der Waals surface area (Å²) in [6.45, 7) is 1.75. The van der Waals surface area contributed by atoms with Crippen LogP contribution in [0, 0.1) is 11.7 Å². The summed E-state index contributed by atoms with van der Waals surface area (Å²) in [4.78, 5) is 18.6. The van der Waals surface area contributed by atoms with Gasteiger partial charge in [-0.3, -0.25) is 9.78 Å². The lowest BCUT2D eigenvalue weighted by Gasteiger charge is -2.17. The van der Waals surface area contributed by atoms with E-state index >= 15 is 0 Å². The molecule has 1 aliphatic rings. The van der Waals surface area contributed by atoms with Gasteiger partial charge in [-0.05, 0) is 35.9 Å². The van der Waals surface area contributed by atoms with Crippen LogP contribution in [0.4, 0.5) is 4.39 Å². The largest absolute Gasteiger partial charge is 0.384 e. The fraction of sp³-hybridized carbons (Fsp3) is 0.333. The van der Waals surface area contributed by atoms with Gasteiger partial charge >= 0.3 is 0 Å². The van der Waals surface area contributed by atoms with Crippen LogP contribution >= 0.6 is 11.6 Å². The number of aromatic nitrogens is 1. The molecule has 2 aromatic rings. The predicted molar refractivity (Wildman–Crippen MR) is 89.7 cm³/mol. The lowest BCUT2D eigenvalue weighted by molar-refractivity contribution is 0.0775. The fourth-order valence-corrected chi connectivity index (χ4v) is 3.40. The Bertz CT molecular complexity index is 726. The van der Waals surface area contributed by atoms with Crippen molar-refractivity contribution in [2.24, 2.45) is 5.92 Å². The molecule has 0 spiro atoms. The van der Waals surface area contributed by atoms with Gasteiger partial charge in [-0.25, -0.2) is 4.39 Å². The number of hydrogen-bond donors (Lipinski definition) is 0. The first-order valence-corrected chi connectivity index (χ1v) is 8.11. The number of benzene rings is 1. The van der Waals surface area contributed by atoms with Crippen molar-refractivity contribution in [3.8, 4) is 0 Å². The van der Waals surface area contributed by atoms with E-state index in [0.717, 1.165) is 5.56 Å². The number of carbonyl (C=O) groups is 1. The average Bonchev–Trinajstić information content (AvgIpc) is 3.02. The third kappa shape index (κ3) is 3.42. The summed E-state index contributed by atoms with van der Waals surface area (Å²) in [6.07, 6.45) is 3.51. The number of methoxy groups -OCH3 is 1. The lowest BCUT2D eigenvalue weighted by atomic mass is 9.90. The SMILES string of the molecule is COC[C@@H]1CN(C(=O)c2ccc(F)c(Cl)c2)C[C@H]1c1ccncc1. The normalized spacial score (nSPS) is 20.4. The molecule has 2 heterocycles. The summed E-state index contributed by atoms with van der Waals surface area (Å²) in [5.74, 6) is -0.277. The second-order valence-electron chi connectivity index (χ2n) is 5.94. The fourth-order valence-electron chi connectivity index (χ4n) is 3.22. The summed E-state index contributed by atoms with van der Waals surface area (Å²) in [6, 6.07) is 8.00. The molecular weight excluding hydrogens is 331 g/mol. The van der Waals surface area contributed by atoms with Gasteiger partial charge in [0, 0.05) is 50.0 Å². The van der Waals surface area contributed by atoms with E-state index in [1.54, 1.807) is 24.4 Å². The van der Waals surface area contributed by atoms with Crippen LogP contribution in [0.15, 0.2) is 42.7 Å². The first-order chi connectivity index (χ1) is 11.6. The van der Waals surface area contributed by atoms with E-state index in [4.69, 9.17) is 16.3 Å². The minimum absolute atomic E-state index is 0.0424. The van der Waals surface area contributed by atoms with E-state index < -0.39 is 5.82 Å². The van der Waals surface area contributed by atoms with Crippen molar-refractivity contribution in [3.63, 3.8) is 0 Å². The summed E-state index contributed by atoms with van der Waals surface area (Å²) in [5, 5.41) is -0.0424. The quantitative estimate of drug-likeness (QED) is 0.850. The molecule has 4 nitrogen and oxygen atoms in total. The standard InChI is InChI=1S/C18H18ClFN2O2/c1-24-11-14-9-22(10-15(14)12-4-6-21-7-5-12)18(23)13-2-3-17(20)16(19)8-13/h2-8,14-15H,9-11H2,1H3/t14-,15-/m0/s1. The summed E-state index contributed by atoms with van der Waals surface area (Å²) < 4.78 is 18.6. The van der Waals surface area contributed by atoms with Gasteiger partial charge in [0.1, 0.15) is 5.82 Å². The zero-order valence-electron chi connectivity index (χ0n) is 13.3. The van der Waals surface area contributed by atoms with Crippen molar-refractivity contribution in [1.29, 1.82) is 0 Å². The molecule has 1 amide bonds. The first kappa shape index (κ1) is 16.9. The van der Waals surface area contributed by atoms with Crippen molar-refractivity contribution < 1.29 is 13.9 Å². The summed E-state index contributed by atoms with van der Waals surface area (Å²) in [5.41, 5.74) is 1.53. The molecule has 1 fully saturated rings. The zero-order valence-corrected chi connectivity index (χ0v) is 14.0. The molecular formula is C18H18ClFN2O2. The Hall–Kier alpha value is -1.98. The van der Waals surface area contributed by atoms with Crippen LogP contribution in [0.5, 0.6) is 0 Å². The molecule has 3 rings (SSSR count). The molecule has 0 aliphatic carbocycles. The third-order valence-electron chi connectivity index (χ3n) is 4.41. The Morgan fingerprint density at radius 3 is 2.75 bits per heavy atom. The van der Waals surface area contributed by atoms with Crippen molar-refractivity contribution in [3.05, 3.63) is 64.7 Å². The van der Waals surface area contributed by atoms with Crippen LogP contribution < -0.4 is 0 Å². The predicted octanol–water partition coefficient (Wildman–Crippen LogP) is 3.38. The number of amides is 1. The molecule has 0 saturated carbocycles. The molecule has 126 valence electrons. The first-order valence-electron chi connectivity index (χ1n) is 7.73. The van der Waals surface area contributed by atoms with E-state index in [0.29, 0.717) is 25.3 Å². The summed E-state index contributed by atoms with van der Waals surface area (Å²) in [7, 11) is 1.66. The van der Waals surface area contributed by atoms with Crippen molar-refractivity contribution in [2.75, 3.05) is 26.8 Å². The molecule has 2 atom stereocenters. The van der Waals surface area contributed by atoms with Gasteiger partial charge in [-0.2, -0.15) is 0 Å².